The first kappa shape index (κ1) is 15.3. The molecule has 1 aliphatic rings. The number of hydrogen-bond donors (Lipinski definition) is 2. The third-order valence-corrected chi connectivity index (χ3v) is 3.83. The lowest BCUT2D eigenvalue weighted by Gasteiger charge is -2.24. The third-order valence-electron chi connectivity index (χ3n) is 3.83. The van der Waals surface area contributed by atoms with Gasteiger partial charge in [0.25, 0.3) is 0 Å². The topological polar surface area (TPSA) is 75.8 Å². The van der Waals surface area contributed by atoms with E-state index in [0.29, 0.717) is 24.5 Å². The molecule has 0 aliphatic carbocycles. The van der Waals surface area contributed by atoms with Gasteiger partial charge >= 0.3 is 0 Å². The molecule has 0 radical (unpaired) electrons. The Morgan fingerprint density at radius 3 is 2.26 bits per heavy atom. The first-order chi connectivity index (χ1) is 11.0. The number of benzene rings is 2. The minimum absolute atomic E-state index is 0.321. The fourth-order valence-corrected chi connectivity index (χ4v) is 2.71. The number of anilines is 1. The quantitative estimate of drug-likeness (QED) is 0.905. The zero-order chi connectivity index (χ0) is 16.4. The van der Waals surface area contributed by atoms with Gasteiger partial charge in [-0.1, -0.05) is 0 Å². The summed E-state index contributed by atoms with van der Waals surface area (Å²) in [7, 11) is 0. The van der Waals surface area contributed by atoms with Crippen molar-refractivity contribution in [1.29, 1.82) is 0 Å². The van der Waals surface area contributed by atoms with Crippen LogP contribution in [-0.2, 0) is 4.79 Å². The second-order valence-electron chi connectivity index (χ2n) is 5.51. The highest BCUT2D eigenvalue weighted by molar-refractivity contribution is 5.84. The van der Waals surface area contributed by atoms with Crippen LogP contribution in [-0.4, -0.2) is 29.7 Å². The molecule has 2 aromatic carbocycles. The molecule has 0 aromatic heterocycles. The van der Waals surface area contributed by atoms with Crippen LogP contribution in [0.4, 0.5) is 10.1 Å². The molecule has 120 valence electrons. The van der Waals surface area contributed by atoms with Crippen LogP contribution < -0.4 is 15.4 Å². The predicted octanol–water partition coefficient (Wildman–Crippen LogP) is 2.04. The molecule has 3 rings (SSSR count). The molecule has 5 nitrogen and oxygen atoms in total. The van der Waals surface area contributed by atoms with Crippen LogP contribution in [0.5, 0.6) is 11.5 Å². The Hall–Kier alpha value is -2.60. The number of amides is 1. The number of ether oxygens (including phenoxy) is 1. The molecule has 1 amide bonds. The van der Waals surface area contributed by atoms with Gasteiger partial charge in [-0.3, -0.25) is 4.79 Å². The molecule has 23 heavy (non-hydrogen) atoms. The molecule has 0 bridgehead atoms. The average Bonchev–Trinajstić information content (AvgIpc) is 2.93. The van der Waals surface area contributed by atoms with Gasteiger partial charge in [0, 0.05) is 18.7 Å². The van der Waals surface area contributed by atoms with Crippen molar-refractivity contribution in [1.82, 2.24) is 0 Å². The summed E-state index contributed by atoms with van der Waals surface area (Å²) >= 11 is 0. The van der Waals surface area contributed by atoms with Crippen LogP contribution in [0.25, 0.3) is 0 Å². The Morgan fingerprint density at radius 2 is 1.70 bits per heavy atom. The summed E-state index contributed by atoms with van der Waals surface area (Å²) in [4.78, 5) is 13.3. The highest BCUT2D eigenvalue weighted by Gasteiger charge is 2.34. The van der Waals surface area contributed by atoms with Crippen LogP contribution in [0.2, 0.25) is 0 Å². The second-order valence-corrected chi connectivity index (χ2v) is 5.51. The molecule has 2 unspecified atom stereocenters. The number of nitrogens with two attached hydrogens (primary N) is 1. The Labute approximate surface area is 133 Å². The van der Waals surface area contributed by atoms with Gasteiger partial charge in [-0.25, -0.2) is 4.39 Å². The maximum Gasteiger partial charge on any atom is 0.240 e. The minimum atomic E-state index is -0.567. The number of hydrogen-bond acceptors (Lipinski definition) is 4. The number of nitrogens with zero attached hydrogens (tertiary/aromatic N) is 1. The van der Waals surface area contributed by atoms with Gasteiger partial charge in [0.05, 0.1) is 6.10 Å². The zero-order valence-corrected chi connectivity index (χ0v) is 12.4. The summed E-state index contributed by atoms with van der Waals surface area (Å²) in [6, 6.07) is 12.3. The summed E-state index contributed by atoms with van der Waals surface area (Å²) < 4.78 is 18.5. The van der Waals surface area contributed by atoms with E-state index in [4.69, 9.17) is 10.5 Å². The number of β-amino-alcohol motifs (C(OH)–C–C–N with tert-alkyl or cyclic N) is 1. The van der Waals surface area contributed by atoms with Crippen LogP contribution >= 0.6 is 0 Å². The average molecular weight is 316 g/mol. The summed E-state index contributed by atoms with van der Waals surface area (Å²) in [5, 5.41) is 9.75. The normalized spacial score (nSPS) is 20.5. The van der Waals surface area contributed by atoms with Gasteiger partial charge in [0.1, 0.15) is 23.4 Å². The lowest BCUT2D eigenvalue weighted by Crippen LogP contribution is -2.40. The van der Waals surface area contributed by atoms with Gasteiger partial charge in [-0.05, 0) is 48.5 Å². The van der Waals surface area contributed by atoms with Crippen molar-refractivity contribution in [2.45, 2.75) is 18.6 Å². The van der Waals surface area contributed by atoms with E-state index in [1.54, 1.807) is 41.3 Å². The van der Waals surface area contributed by atoms with Crippen molar-refractivity contribution in [3.8, 4) is 11.5 Å². The van der Waals surface area contributed by atoms with E-state index in [-0.39, 0.29) is 5.82 Å². The van der Waals surface area contributed by atoms with Crippen molar-refractivity contribution in [3.05, 3.63) is 54.3 Å². The highest BCUT2D eigenvalue weighted by atomic mass is 19.1. The molecule has 3 N–H and O–H groups in total. The van der Waals surface area contributed by atoms with Crippen LogP contribution in [0.1, 0.15) is 6.42 Å². The molecule has 6 heteroatoms. The van der Waals surface area contributed by atoms with Crippen LogP contribution in [0, 0.1) is 5.82 Å². The first-order valence-corrected chi connectivity index (χ1v) is 7.30. The first-order valence-electron chi connectivity index (χ1n) is 7.30. The van der Waals surface area contributed by atoms with E-state index in [1.165, 1.54) is 12.1 Å². The Balaban J connectivity index is 1.74. The summed E-state index contributed by atoms with van der Waals surface area (Å²) in [6.45, 7) is 0.367. The number of aliphatic hydroxyl groups is 1. The van der Waals surface area contributed by atoms with Gasteiger partial charge in [-0.15, -0.1) is 0 Å². The molecule has 0 spiro atoms. The maximum absolute atomic E-state index is 12.9. The van der Waals surface area contributed by atoms with E-state index < -0.39 is 18.1 Å². The number of carbonyl (C=O) groups is 1. The van der Waals surface area contributed by atoms with Gasteiger partial charge in [-0.2, -0.15) is 0 Å². The number of aliphatic hydroxyl groups excluding tert-OH is 1. The summed E-state index contributed by atoms with van der Waals surface area (Å²) in [5.74, 6) is 0.354. The van der Waals surface area contributed by atoms with Crippen LogP contribution in [0.15, 0.2) is 48.5 Å². The van der Waals surface area contributed by atoms with E-state index in [2.05, 4.69) is 0 Å². The van der Waals surface area contributed by atoms with Crippen LogP contribution in [0.3, 0.4) is 0 Å². The van der Waals surface area contributed by atoms with Crippen molar-refractivity contribution in [2.24, 2.45) is 5.73 Å². The highest BCUT2D eigenvalue weighted by Crippen LogP contribution is 2.29. The van der Waals surface area contributed by atoms with E-state index in [0.717, 1.165) is 5.69 Å². The number of carbonyl (C=O) groups excluding carboxylic acids is 1. The molecular weight excluding hydrogens is 299 g/mol. The monoisotopic (exact) mass is 316 g/mol. The van der Waals surface area contributed by atoms with E-state index in [1.807, 2.05) is 0 Å². The Morgan fingerprint density at radius 1 is 1.13 bits per heavy atom. The van der Waals surface area contributed by atoms with Gasteiger partial charge in [0.2, 0.25) is 5.91 Å². The fraction of sp³-hybridized carbons (Fsp3) is 0.235. The lowest BCUT2D eigenvalue weighted by atomic mass is 10.2. The zero-order valence-electron chi connectivity index (χ0n) is 12.4. The minimum Gasteiger partial charge on any atom is -0.457 e. The number of rotatable bonds is 4. The largest absolute Gasteiger partial charge is 0.457 e. The molecule has 1 aliphatic heterocycles. The van der Waals surface area contributed by atoms with Crippen molar-refractivity contribution in [2.75, 3.05) is 11.4 Å². The van der Waals surface area contributed by atoms with Gasteiger partial charge < -0.3 is 20.5 Å². The second kappa shape index (κ2) is 6.26. The van der Waals surface area contributed by atoms with E-state index >= 15 is 0 Å². The van der Waals surface area contributed by atoms with Crippen molar-refractivity contribution in [3.63, 3.8) is 0 Å². The van der Waals surface area contributed by atoms with Crippen molar-refractivity contribution < 1.29 is 19.0 Å². The molecule has 0 saturated carbocycles. The predicted molar refractivity (Wildman–Crippen MR) is 83.9 cm³/mol. The molecule has 1 fully saturated rings. The molecule has 2 atom stereocenters. The maximum atomic E-state index is 12.9. The Bertz CT molecular complexity index is 688. The molecule has 1 saturated heterocycles. The lowest BCUT2D eigenvalue weighted by molar-refractivity contribution is -0.119. The third kappa shape index (κ3) is 3.43. The Kier molecular flexibility index (Phi) is 4.16. The summed E-state index contributed by atoms with van der Waals surface area (Å²) in [6.07, 6.45) is -0.231. The molecule has 2 aromatic rings. The van der Waals surface area contributed by atoms with Crippen molar-refractivity contribution >= 4 is 11.6 Å². The smallest absolute Gasteiger partial charge is 0.240 e. The van der Waals surface area contributed by atoms with E-state index in [9.17, 15) is 14.3 Å². The molecule has 1 heterocycles. The number of primary amides is 1. The standard InChI is InChI=1S/C17H17FN2O3/c18-11-1-5-14(6-2-11)23-15-7-3-12(4-8-15)20-10-13(21)9-16(20)17(19)22/h1-8,13,16,21H,9-10H2,(H2,19,22). The number of halogens is 1. The SMILES string of the molecule is NC(=O)C1CC(O)CN1c1ccc(Oc2ccc(F)cc2)cc1. The molecular formula is C17H17FN2O3. The summed E-state index contributed by atoms with van der Waals surface area (Å²) in [5.41, 5.74) is 6.17. The fourth-order valence-electron chi connectivity index (χ4n) is 2.71. The van der Waals surface area contributed by atoms with Gasteiger partial charge in [0.15, 0.2) is 0 Å².